The molecular formula is C14H11N3O4. The lowest BCUT2D eigenvalue weighted by atomic mass is 10.1. The first-order valence-electron chi connectivity index (χ1n) is 6.31. The highest BCUT2D eigenvalue weighted by molar-refractivity contribution is 5.95. The van der Waals surface area contributed by atoms with Crippen LogP contribution in [0.3, 0.4) is 0 Å². The Hall–Kier alpha value is -2.96. The van der Waals surface area contributed by atoms with Crippen LogP contribution in [-0.2, 0) is 4.74 Å². The third-order valence-electron chi connectivity index (χ3n) is 2.91. The molecule has 2 aromatic heterocycles. The molecular weight excluding hydrogens is 274 g/mol. The van der Waals surface area contributed by atoms with Crippen molar-refractivity contribution in [2.45, 2.75) is 6.92 Å². The summed E-state index contributed by atoms with van der Waals surface area (Å²) >= 11 is 0. The van der Waals surface area contributed by atoms with Crippen molar-refractivity contribution in [2.75, 3.05) is 6.61 Å². The first-order chi connectivity index (χ1) is 10.2. The Morgan fingerprint density at radius 2 is 2.14 bits per heavy atom. The van der Waals surface area contributed by atoms with E-state index in [4.69, 9.17) is 9.15 Å². The van der Waals surface area contributed by atoms with Crippen molar-refractivity contribution >= 4 is 16.9 Å². The number of aromatic amines is 1. The maximum Gasteiger partial charge on any atom is 0.361 e. The number of esters is 1. The normalized spacial score (nSPS) is 10.7. The molecule has 0 aliphatic heterocycles. The summed E-state index contributed by atoms with van der Waals surface area (Å²) in [4.78, 5) is 23.0. The van der Waals surface area contributed by atoms with Gasteiger partial charge in [-0.15, -0.1) is 5.10 Å². The fourth-order valence-corrected chi connectivity index (χ4v) is 1.99. The Bertz CT molecular complexity index is 866. The van der Waals surface area contributed by atoms with Gasteiger partial charge >= 0.3 is 11.6 Å². The third kappa shape index (κ3) is 2.40. The number of hydrogen-bond acceptors (Lipinski definition) is 6. The van der Waals surface area contributed by atoms with Gasteiger partial charge in [-0.25, -0.2) is 9.59 Å². The van der Waals surface area contributed by atoms with E-state index < -0.39 is 11.6 Å². The fraction of sp³-hybridized carbons (Fsp3) is 0.143. The Morgan fingerprint density at radius 3 is 2.95 bits per heavy atom. The van der Waals surface area contributed by atoms with Gasteiger partial charge < -0.3 is 9.15 Å². The Labute approximate surface area is 118 Å². The van der Waals surface area contributed by atoms with Crippen molar-refractivity contribution in [3.63, 3.8) is 0 Å². The summed E-state index contributed by atoms with van der Waals surface area (Å²) in [7, 11) is 0. The molecule has 3 rings (SSSR count). The van der Waals surface area contributed by atoms with Crippen LogP contribution in [0.1, 0.15) is 17.4 Å². The van der Waals surface area contributed by atoms with E-state index >= 15 is 0 Å². The molecule has 1 aromatic carbocycles. The van der Waals surface area contributed by atoms with Crippen LogP contribution < -0.4 is 5.63 Å². The Balaban J connectivity index is 2.09. The van der Waals surface area contributed by atoms with Gasteiger partial charge in [-0.05, 0) is 31.2 Å². The number of benzene rings is 1. The van der Waals surface area contributed by atoms with Crippen LogP contribution in [0.25, 0.3) is 22.2 Å². The zero-order valence-electron chi connectivity index (χ0n) is 11.1. The number of fused-ring (bicyclic) bond motifs is 1. The molecule has 0 radical (unpaired) electrons. The van der Waals surface area contributed by atoms with E-state index in [9.17, 15) is 9.59 Å². The molecule has 0 atom stereocenters. The number of carbonyl (C=O) groups excluding carboxylic acids is 1. The molecule has 0 saturated carbocycles. The monoisotopic (exact) mass is 285 g/mol. The molecule has 0 aliphatic rings. The van der Waals surface area contributed by atoms with Crippen molar-refractivity contribution in [3.8, 4) is 11.3 Å². The Kier molecular flexibility index (Phi) is 3.23. The van der Waals surface area contributed by atoms with E-state index in [1.165, 1.54) is 6.07 Å². The van der Waals surface area contributed by atoms with Gasteiger partial charge in [-0.3, -0.25) is 0 Å². The molecule has 0 fully saturated rings. The Morgan fingerprint density at radius 1 is 1.29 bits per heavy atom. The van der Waals surface area contributed by atoms with Crippen molar-refractivity contribution < 1.29 is 13.9 Å². The van der Waals surface area contributed by atoms with Gasteiger partial charge in [0.1, 0.15) is 11.3 Å². The minimum Gasteiger partial charge on any atom is -0.461 e. The van der Waals surface area contributed by atoms with Gasteiger partial charge in [0.05, 0.1) is 6.61 Å². The van der Waals surface area contributed by atoms with Crippen molar-refractivity contribution in [1.29, 1.82) is 0 Å². The standard InChI is InChI=1S/C14H11N3O4/c1-2-20-14(19)13-12(15-17-16-13)9-3-5-10-8(7-9)4-6-11(18)21-10/h3-7H,2H2,1H3,(H,15,16,17). The second-order valence-corrected chi connectivity index (χ2v) is 4.25. The van der Waals surface area contributed by atoms with Crippen LogP contribution in [0.4, 0.5) is 0 Å². The second kappa shape index (κ2) is 5.20. The van der Waals surface area contributed by atoms with E-state index in [1.807, 2.05) is 0 Å². The summed E-state index contributed by atoms with van der Waals surface area (Å²) in [6.07, 6.45) is 0. The molecule has 3 aromatic rings. The van der Waals surface area contributed by atoms with E-state index in [0.29, 0.717) is 16.8 Å². The smallest absolute Gasteiger partial charge is 0.361 e. The molecule has 7 heteroatoms. The van der Waals surface area contributed by atoms with Gasteiger partial charge in [0.2, 0.25) is 0 Å². The van der Waals surface area contributed by atoms with Gasteiger partial charge in [-0.1, -0.05) is 0 Å². The summed E-state index contributed by atoms with van der Waals surface area (Å²) < 4.78 is 9.99. The topological polar surface area (TPSA) is 98.1 Å². The van der Waals surface area contributed by atoms with Crippen LogP contribution >= 0.6 is 0 Å². The van der Waals surface area contributed by atoms with Crippen LogP contribution in [0, 0.1) is 0 Å². The molecule has 0 bridgehead atoms. The zero-order chi connectivity index (χ0) is 14.8. The van der Waals surface area contributed by atoms with Crippen molar-refractivity contribution in [3.05, 3.63) is 46.4 Å². The van der Waals surface area contributed by atoms with E-state index in [2.05, 4.69) is 15.4 Å². The highest BCUT2D eigenvalue weighted by Crippen LogP contribution is 2.24. The van der Waals surface area contributed by atoms with E-state index in [-0.39, 0.29) is 12.3 Å². The predicted molar refractivity (Wildman–Crippen MR) is 73.8 cm³/mol. The van der Waals surface area contributed by atoms with Crippen LogP contribution in [0.15, 0.2) is 39.5 Å². The number of ether oxygens (including phenoxy) is 1. The summed E-state index contributed by atoms with van der Waals surface area (Å²) in [5.41, 5.74) is 1.24. The lowest BCUT2D eigenvalue weighted by molar-refractivity contribution is 0.0520. The molecule has 106 valence electrons. The van der Waals surface area contributed by atoms with Crippen LogP contribution in [0.5, 0.6) is 0 Å². The molecule has 0 unspecified atom stereocenters. The predicted octanol–water partition coefficient (Wildman–Crippen LogP) is 1.75. The number of H-pyrrole nitrogens is 1. The summed E-state index contributed by atoms with van der Waals surface area (Å²) in [5.74, 6) is -0.541. The first kappa shape index (κ1) is 13.0. The van der Waals surface area contributed by atoms with E-state index in [0.717, 1.165) is 5.39 Å². The SMILES string of the molecule is CCOC(=O)c1n[nH]nc1-c1ccc2oc(=O)ccc2c1. The number of aromatic nitrogens is 3. The van der Waals surface area contributed by atoms with Crippen LogP contribution in [0.2, 0.25) is 0 Å². The maximum absolute atomic E-state index is 11.8. The van der Waals surface area contributed by atoms with Gasteiger partial charge in [-0.2, -0.15) is 10.3 Å². The van der Waals surface area contributed by atoms with E-state index in [1.54, 1.807) is 31.2 Å². The van der Waals surface area contributed by atoms with Gasteiger partial charge in [0.15, 0.2) is 5.69 Å². The maximum atomic E-state index is 11.8. The average Bonchev–Trinajstić information content (AvgIpc) is 2.96. The molecule has 0 spiro atoms. The van der Waals surface area contributed by atoms with Gasteiger partial charge in [0, 0.05) is 17.0 Å². The molecule has 7 nitrogen and oxygen atoms in total. The molecule has 0 amide bonds. The number of hydrogen-bond donors (Lipinski definition) is 1. The fourth-order valence-electron chi connectivity index (χ4n) is 1.99. The van der Waals surface area contributed by atoms with Gasteiger partial charge in [0.25, 0.3) is 0 Å². The highest BCUT2D eigenvalue weighted by Gasteiger charge is 2.19. The quantitative estimate of drug-likeness (QED) is 0.581. The second-order valence-electron chi connectivity index (χ2n) is 4.25. The molecule has 21 heavy (non-hydrogen) atoms. The lowest BCUT2D eigenvalue weighted by Gasteiger charge is -2.02. The number of nitrogens with zero attached hydrogens (tertiary/aromatic N) is 2. The van der Waals surface area contributed by atoms with Crippen molar-refractivity contribution in [2.24, 2.45) is 0 Å². The minimum atomic E-state index is -0.541. The number of rotatable bonds is 3. The molecule has 0 saturated heterocycles. The molecule has 0 aliphatic carbocycles. The number of carbonyl (C=O) groups is 1. The summed E-state index contributed by atoms with van der Waals surface area (Å²) in [5, 5.41) is 11.0. The largest absolute Gasteiger partial charge is 0.461 e. The molecule has 1 N–H and O–H groups in total. The highest BCUT2D eigenvalue weighted by atomic mass is 16.5. The summed E-state index contributed by atoms with van der Waals surface area (Å²) in [6, 6.07) is 8.09. The van der Waals surface area contributed by atoms with Crippen LogP contribution in [-0.4, -0.2) is 28.0 Å². The zero-order valence-corrected chi connectivity index (χ0v) is 11.1. The average molecular weight is 285 g/mol. The third-order valence-corrected chi connectivity index (χ3v) is 2.91. The lowest BCUT2D eigenvalue weighted by Crippen LogP contribution is -2.06. The molecule has 2 heterocycles. The minimum absolute atomic E-state index is 0.119. The van der Waals surface area contributed by atoms with Crippen molar-refractivity contribution in [1.82, 2.24) is 15.4 Å². The number of nitrogens with one attached hydrogen (secondary N) is 1. The summed E-state index contributed by atoms with van der Waals surface area (Å²) in [6.45, 7) is 1.98. The first-order valence-corrected chi connectivity index (χ1v) is 6.31.